The van der Waals surface area contributed by atoms with Crippen LogP contribution < -0.4 is 31.9 Å². The van der Waals surface area contributed by atoms with Gasteiger partial charge in [-0.05, 0) is 46.0 Å². The predicted octanol–water partition coefficient (Wildman–Crippen LogP) is 1.93. The van der Waals surface area contributed by atoms with Gasteiger partial charge in [-0.25, -0.2) is 9.59 Å². The molecule has 5 heterocycles. The fourth-order valence-corrected chi connectivity index (χ4v) is 9.56. The summed E-state index contributed by atoms with van der Waals surface area (Å²) in [5.41, 5.74) is 0.829. The summed E-state index contributed by atoms with van der Waals surface area (Å²) in [5, 5.41) is 26.7. The first-order chi connectivity index (χ1) is 25.2. The molecule has 16 nitrogen and oxygen atoms in total. The second-order valence-electron chi connectivity index (χ2n) is 13.7. The molecule has 0 aliphatic carbocycles. The summed E-state index contributed by atoms with van der Waals surface area (Å²) in [6, 6.07) is 0.968. The molecule has 1 aromatic rings. The van der Waals surface area contributed by atoms with Gasteiger partial charge in [-0.1, -0.05) is 18.1 Å². The zero-order chi connectivity index (χ0) is 37.1. The molecular weight excluding hydrogens is 711 g/mol. The van der Waals surface area contributed by atoms with Crippen LogP contribution in [-0.4, -0.2) is 131 Å². The number of hydrogen-bond acceptors (Lipinski definition) is 11. The molecule has 0 radical (unpaired) electrons. The Labute approximate surface area is 315 Å². The van der Waals surface area contributed by atoms with Crippen molar-refractivity contribution in [1.29, 1.82) is 0 Å². The molecule has 0 aromatic carbocycles. The molecule has 0 spiro atoms. The van der Waals surface area contributed by atoms with E-state index in [1.807, 2.05) is 43.6 Å². The molecule has 18 heteroatoms. The van der Waals surface area contributed by atoms with Crippen molar-refractivity contribution in [1.82, 2.24) is 46.9 Å². The van der Waals surface area contributed by atoms with Crippen LogP contribution in [0.3, 0.4) is 0 Å². The van der Waals surface area contributed by atoms with E-state index in [4.69, 9.17) is 14.2 Å². The predicted molar refractivity (Wildman–Crippen MR) is 201 cm³/mol. The molecule has 5 rings (SSSR count). The third kappa shape index (κ3) is 14.9. The number of unbranched alkanes of at least 4 members (excludes halogenated alkanes) is 2. The number of rotatable bonds is 23. The van der Waals surface area contributed by atoms with Gasteiger partial charge in [-0.2, -0.15) is 23.5 Å². The monoisotopic (exact) mass is 769 g/mol. The summed E-state index contributed by atoms with van der Waals surface area (Å²) < 4.78 is 17.8. The van der Waals surface area contributed by atoms with Crippen molar-refractivity contribution >= 4 is 47.4 Å². The molecule has 52 heavy (non-hydrogen) atoms. The molecular formula is C34H59N9O7S2. The van der Waals surface area contributed by atoms with Crippen LogP contribution >= 0.6 is 23.5 Å². The van der Waals surface area contributed by atoms with E-state index in [1.165, 1.54) is 0 Å². The van der Waals surface area contributed by atoms with Crippen molar-refractivity contribution in [3.8, 4) is 0 Å². The van der Waals surface area contributed by atoms with Gasteiger partial charge in [0.15, 0.2) is 0 Å². The first-order valence-electron chi connectivity index (χ1n) is 18.7. The van der Waals surface area contributed by atoms with Gasteiger partial charge in [0.05, 0.1) is 56.3 Å². The Bertz CT molecular complexity index is 1260. The van der Waals surface area contributed by atoms with Crippen LogP contribution in [-0.2, 0) is 37.0 Å². The number of fused-ring (bicyclic) bond motifs is 2. The first-order valence-corrected chi connectivity index (χ1v) is 20.8. The van der Waals surface area contributed by atoms with Gasteiger partial charge < -0.3 is 46.1 Å². The van der Waals surface area contributed by atoms with E-state index in [9.17, 15) is 19.2 Å². The van der Waals surface area contributed by atoms with Gasteiger partial charge in [0, 0.05) is 68.2 Å². The van der Waals surface area contributed by atoms with Crippen LogP contribution in [0.25, 0.3) is 0 Å². The minimum Gasteiger partial charge on any atom is -0.383 e. The lowest BCUT2D eigenvalue weighted by Gasteiger charge is -2.16. The van der Waals surface area contributed by atoms with Crippen LogP contribution in [0, 0.1) is 0 Å². The minimum atomic E-state index is -0.0494. The summed E-state index contributed by atoms with van der Waals surface area (Å²) >= 11 is 3.83. The number of aryl methyl sites for hydroxylation is 1. The Kier molecular flexibility index (Phi) is 18.6. The van der Waals surface area contributed by atoms with Crippen molar-refractivity contribution in [2.45, 2.75) is 126 Å². The third-order valence-electron chi connectivity index (χ3n) is 9.18. The molecule has 1 aromatic heterocycles. The highest BCUT2D eigenvalue weighted by Crippen LogP contribution is 2.34. The average molecular weight is 770 g/mol. The fourth-order valence-electron chi connectivity index (χ4n) is 6.48. The van der Waals surface area contributed by atoms with Crippen molar-refractivity contribution in [2.75, 3.05) is 51.5 Å². The molecule has 6 atom stereocenters. The van der Waals surface area contributed by atoms with Gasteiger partial charge in [0.1, 0.15) is 5.69 Å². The SMILES string of the molecule is CC(C)OCc1cn(CCCOCCNC(=O)CCCC[C@@H]2SC[C@@H]3NC(=O)N[C@@H]32)nn1.COCCNC(=O)CCCC[C@@H]1SC[C@@H]2NC(=O)N[C@@H]21. The van der Waals surface area contributed by atoms with E-state index in [0.29, 0.717) is 62.9 Å². The number of urea groups is 2. The smallest absolute Gasteiger partial charge is 0.315 e. The maximum atomic E-state index is 12.0. The molecule has 0 saturated carbocycles. The van der Waals surface area contributed by atoms with Gasteiger partial charge in [0.25, 0.3) is 0 Å². The normalized spacial score (nSPS) is 24.3. The van der Waals surface area contributed by atoms with Crippen molar-refractivity contribution in [3.05, 3.63) is 11.9 Å². The number of thioether (sulfide) groups is 2. The number of ether oxygens (including phenoxy) is 3. The quantitative estimate of drug-likeness (QED) is 0.0703. The van der Waals surface area contributed by atoms with Crippen molar-refractivity contribution in [3.63, 3.8) is 0 Å². The molecule has 0 unspecified atom stereocenters. The first kappa shape index (κ1) is 41.9. The molecule has 294 valence electrons. The van der Waals surface area contributed by atoms with Crippen LogP contribution in [0.2, 0.25) is 0 Å². The molecule has 0 bridgehead atoms. The Morgan fingerprint density at radius 2 is 1.42 bits per heavy atom. The van der Waals surface area contributed by atoms with E-state index in [1.54, 1.807) is 11.8 Å². The largest absolute Gasteiger partial charge is 0.383 e. The van der Waals surface area contributed by atoms with E-state index >= 15 is 0 Å². The van der Waals surface area contributed by atoms with E-state index < -0.39 is 0 Å². The van der Waals surface area contributed by atoms with Crippen LogP contribution in [0.15, 0.2) is 6.20 Å². The highest BCUT2D eigenvalue weighted by atomic mass is 32.2. The maximum Gasteiger partial charge on any atom is 0.315 e. The Morgan fingerprint density at radius 3 is 1.98 bits per heavy atom. The third-order valence-corrected chi connectivity index (χ3v) is 12.2. The molecule has 4 aliphatic rings. The fraction of sp³-hybridized carbons (Fsp3) is 0.824. The molecule has 4 fully saturated rings. The van der Waals surface area contributed by atoms with Crippen LogP contribution in [0.5, 0.6) is 0 Å². The minimum absolute atomic E-state index is 0.0391. The summed E-state index contributed by atoms with van der Waals surface area (Å²) in [7, 11) is 1.62. The molecule has 4 saturated heterocycles. The molecule has 4 aliphatic heterocycles. The number of carbonyl (C=O) groups is 4. The summed E-state index contributed by atoms with van der Waals surface area (Å²) in [6.07, 6.45) is 9.87. The van der Waals surface area contributed by atoms with Crippen LogP contribution in [0.1, 0.15) is 77.3 Å². The highest BCUT2D eigenvalue weighted by molar-refractivity contribution is 8.00. The zero-order valence-corrected chi connectivity index (χ0v) is 32.5. The topological polar surface area (TPSA) is 199 Å². The van der Waals surface area contributed by atoms with Gasteiger partial charge in [-0.15, -0.1) is 5.10 Å². The second kappa shape index (κ2) is 23.1. The molecule has 6 N–H and O–H groups in total. The number of methoxy groups -OCH3 is 1. The highest BCUT2D eigenvalue weighted by Gasteiger charge is 2.43. The number of carbonyl (C=O) groups excluding carboxylic acids is 4. The summed E-state index contributed by atoms with van der Waals surface area (Å²) in [4.78, 5) is 46.1. The van der Waals surface area contributed by atoms with Gasteiger partial charge in [0.2, 0.25) is 11.8 Å². The van der Waals surface area contributed by atoms with Gasteiger partial charge in [-0.3, -0.25) is 14.3 Å². The van der Waals surface area contributed by atoms with E-state index in [-0.39, 0.29) is 54.1 Å². The van der Waals surface area contributed by atoms with Crippen molar-refractivity contribution < 1.29 is 33.4 Å². The molecule has 6 amide bonds. The van der Waals surface area contributed by atoms with E-state index in [0.717, 1.165) is 68.7 Å². The Balaban J connectivity index is 0.000000259. The van der Waals surface area contributed by atoms with Crippen molar-refractivity contribution in [2.24, 2.45) is 0 Å². The number of nitrogens with zero attached hydrogens (tertiary/aromatic N) is 3. The number of hydrogen-bond donors (Lipinski definition) is 6. The lowest BCUT2D eigenvalue weighted by Crippen LogP contribution is -2.36. The maximum absolute atomic E-state index is 12.0. The lowest BCUT2D eigenvalue weighted by atomic mass is 10.0. The Morgan fingerprint density at radius 1 is 0.846 bits per heavy atom. The van der Waals surface area contributed by atoms with Gasteiger partial charge >= 0.3 is 12.1 Å². The van der Waals surface area contributed by atoms with E-state index in [2.05, 4.69) is 42.2 Å². The standard InChI is InChI=1S/C21H36N6O4S.C13H23N3O3S/c1-15(2)31-13-16-12-27(26-25-16)9-5-10-30-11-8-22-19(28)7-4-3-6-18-20-17(14-32-18)23-21(29)24-20;1-19-7-6-14-11(17)5-3-2-4-10-12-9(8-20-10)15-13(18)16-12/h12,15,17-18,20H,3-11,13-14H2,1-2H3,(H,22,28)(H2,23,24,29);9-10,12H,2-8H2,1H3,(H,14,17)(H2,15,16,18)/t17-,18-,20-;9-,10-,12-/m00/s1. The number of amides is 6. The Hall–Kier alpha value is -2.80. The van der Waals surface area contributed by atoms with Crippen LogP contribution in [0.4, 0.5) is 9.59 Å². The number of aromatic nitrogens is 3. The number of nitrogens with one attached hydrogen (secondary N) is 6. The summed E-state index contributed by atoms with van der Waals surface area (Å²) in [6.45, 7) is 7.97. The summed E-state index contributed by atoms with van der Waals surface area (Å²) in [5.74, 6) is 2.13. The lowest BCUT2D eigenvalue weighted by molar-refractivity contribution is -0.122. The zero-order valence-electron chi connectivity index (χ0n) is 30.9. The average Bonchev–Trinajstić information content (AvgIpc) is 3.94. The second-order valence-corrected chi connectivity index (χ2v) is 16.3.